The summed E-state index contributed by atoms with van der Waals surface area (Å²) in [7, 11) is 0. The van der Waals surface area contributed by atoms with Crippen LogP contribution < -0.4 is 15.4 Å². The van der Waals surface area contributed by atoms with Gasteiger partial charge in [-0.1, -0.05) is 13.0 Å². The van der Waals surface area contributed by atoms with E-state index in [9.17, 15) is 4.79 Å². The summed E-state index contributed by atoms with van der Waals surface area (Å²) in [5, 5.41) is 6.18. The van der Waals surface area contributed by atoms with Crippen molar-refractivity contribution in [3.8, 4) is 5.75 Å². The third kappa shape index (κ3) is 5.38. The summed E-state index contributed by atoms with van der Waals surface area (Å²) >= 11 is 0. The lowest BCUT2D eigenvalue weighted by Gasteiger charge is -2.13. The Morgan fingerprint density at radius 1 is 1.24 bits per heavy atom. The smallest absolute Gasteiger partial charge is 0.251 e. The first-order chi connectivity index (χ1) is 10.3. The highest BCUT2D eigenvalue weighted by Crippen LogP contribution is 2.24. The van der Waals surface area contributed by atoms with Crippen LogP contribution in [0.1, 0.15) is 49.4 Å². The summed E-state index contributed by atoms with van der Waals surface area (Å²) in [6.07, 6.45) is 6.17. The average molecular weight is 290 g/mol. The molecule has 1 aromatic rings. The van der Waals surface area contributed by atoms with Crippen LogP contribution in [0, 0.1) is 0 Å². The minimum Gasteiger partial charge on any atom is -0.490 e. The van der Waals surface area contributed by atoms with E-state index < -0.39 is 0 Å². The average Bonchev–Trinajstić information content (AvgIpc) is 3.00. The Bertz CT molecular complexity index is 442. The zero-order valence-corrected chi connectivity index (χ0v) is 12.9. The minimum absolute atomic E-state index is 0.0369. The lowest BCUT2D eigenvalue weighted by molar-refractivity contribution is 0.0953. The van der Waals surface area contributed by atoms with Gasteiger partial charge in [0.05, 0.1) is 6.10 Å². The number of rotatable bonds is 8. The highest BCUT2D eigenvalue weighted by atomic mass is 16.5. The largest absolute Gasteiger partial charge is 0.490 e. The Balaban J connectivity index is 1.80. The van der Waals surface area contributed by atoms with Crippen molar-refractivity contribution >= 4 is 5.91 Å². The molecule has 1 saturated carbocycles. The third-order valence-electron chi connectivity index (χ3n) is 3.72. The van der Waals surface area contributed by atoms with Crippen LogP contribution in [0.15, 0.2) is 24.3 Å². The quantitative estimate of drug-likeness (QED) is 0.724. The number of hydrogen-bond donors (Lipinski definition) is 2. The molecule has 2 rings (SSSR count). The second kappa shape index (κ2) is 8.67. The number of carbonyl (C=O) groups excluding carboxylic acids is 1. The SMILES string of the molecule is CCCNCCNC(=O)c1cccc(OC2CCCC2)c1. The molecule has 0 unspecified atom stereocenters. The van der Waals surface area contributed by atoms with E-state index in [1.807, 2.05) is 24.3 Å². The standard InChI is InChI=1S/C17H26N2O2/c1-2-10-18-11-12-19-17(20)14-6-5-9-16(13-14)21-15-7-3-4-8-15/h5-6,9,13,15,18H,2-4,7-8,10-12H2,1H3,(H,19,20). The van der Waals surface area contributed by atoms with Crippen molar-refractivity contribution in [1.29, 1.82) is 0 Å². The zero-order valence-electron chi connectivity index (χ0n) is 12.9. The van der Waals surface area contributed by atoms with Crippen molar-refractivity contribution in [3.63, 3.8) is 0 Å². The molecule has 0 aromatic heterocycles. The van der Waals surface area contributed by atoms with Gasteiger partial charge in [-0.15, -0.1) is 0 Å². The molecule has 0 heterocycles. The number of nitrogens with one attached hydrogen (secondary N) is 2. The molecule has 1 aliphatic rings. The number of hydrogen-bond acceptors (Lipinski definition) is 3. The summed E-state index contributed by atoms with van der Waals surface area (Å²) in [6, 6.07) is 7.48. The van der Waals surface area contributed by atoms with Crippen molar-refractivity contribution < 1.29 is 9.53 Å². The molecule has 0 aliphatic heterocycles. The van der Waals surface area contributed by atoms with Crippen LogP contribution in [0.4, 0.5) is 0 Å². The number of carbonyl (C=O) groups is 1. The third-order valence-corrected chi connectivity index (χ3v) is 3.72. The molecule has 4 heteroatoms. The lowest BCUT2D eigenvalue weighted by Crippen LogP contribution is -2.32. The first kappa shape index (κ1) is 15.8. The minimum atomic E-state index is -0.0369. The highest BCUT2D eigenvalue weighted by molar-refractivity contribution is 5.94. The Labute approximate surface area is 127 Å². The summed E-state index contributed by atoms with van der Waals surface area (Å²) in [5.74, 6) is 0.767. The van der Waals surface area contributed by atoms with Crippen LogP contribution in [0.3, 0.4) is 0 Å². The van der Waals surface area contributed by atoms with Gasteiger partial charge in [-0.2, -0.15) is 0 Å². The molecule has 1 aromatic carbocycles. The predicted octanol–water partition coefficient (Wildman–Crippen LogP) is 2.74. The lowest BCUT2D eigenvalue weighted by atomic mass is 10.2. The van der Waals surface area contributed by atoms with Gasteiger partial charge in [0.15, 0.2) is 0 Å². The Morgan fingerprint density at radius 2 is 2.05 bits per heavy atom. The maximum Gasteiger partial charge on any atom is 0.251 e. The van der Waals surface area contributed by atoms with Crippen LogP contribution in [0.2, 0.25) is 0 Å². The van der Waals surface area contributed by atoms with Crippen LogP contribution >= 0.6 is 0 Å². The van der Waals surface area contributed by atoms with Gasteiger partial charge in [0, 0.05) is 18.7 Å². The molecule has 0 radical (unpaired) electrons. The number of amides is 1. The van der Waals surface area contributed by atoms with Crippen LogP contribution in [0.5, 0.6) is 5.75 Å². The summed E-state index contributed by atoms with van der Waals surface area (Å²) < 4.78 is 5.93. The van der Waals surface area contributed by atoms with Crippen molar-refractivity contribution in [2.75, 3.05) is 19.6 Å². The Hall–Kier alpha value is -1.55. The molecular weight excluding hydrogens is 264 g/mol. The molecule has 0 atom stereocenters. The molecule has 2 N–H and O–H groups in total. The fourth-order valence-corrected chi connectivity index (χ4v) is 2.58. The maximum absolute atomic E-state index is 12.1. The molecule has 1 aliphatic carbocycles. The summed E-state index contributed by atoms with van der Waals surface area (Å²) in [6.45, 7) is 4.56. The molecule has 1 amide bonds. The molecule has 0 spiro atoms. The first-order valence-electron chi connectivity index (χ1n) is 8.05. The monoisotopic (exact) mass is 290 g/mol. The molecule has 21 heavy (non-hydrogen) atoms. The second-order valence-electron chi connectivity index (χ2n) is 5.56. The fourth-order valence-electron chi connectivity index (χ4n) is 2.58. The van der Waals surface area contributed by atoms with Crippen LogP contribution in [-0.2, 0) is 0 Å². The highest BCUT2D eigenvalue weighted by Gasteiger charge is 2.16. The van der Waals surface area contributed by atoms with Gasteiger partial charge in [-0.25, -0.2) is 0 Å². The molecule has 4 nitrogen and oxygen atoms in total. The van der Waals surface area contributed by atoms with Crippen molar-refractivity contribution in [2.45, 2.75) is 45.1 Å². The molecule has 0 bridgehead atoms. The molecule has 0 saturated heterocycles. The topological polar surface area (TPSA) is 50.4 Å². The Morgan fingerprint density at radius 3 is 2.81 bits per heavy atom. The van der Waals surface area contributed by atoms with E-state index in [0.29, 0.717) is 18.2 Å². The van der Waals surface area contributed by atoms with Crippen molar-refractivity contribution in [2.24, 2.45) is 0 Å². The normalized spacial score (nSPS) is 15.1. The van der Waals surface area contributed by atoms with Crippen LogP contribution in [-0.4, -0.2) is 31.6 Å². The summed E-state index contributed by atoms with van der Waals surface area (Å²) in [5.41, 5.74) is 0.668. The molecular formula is C17H26N2O2. The Kier molecular flexibility index (Phi) is 6.54. The first-order valence-corrected chi connectivity index (χ1v) is 8.05. The van der Waals surface area contributed by atoms with E-state index in [0.717, 1.165) is 38.1 Å². The van der Waals surface area contributed by atoms with Gasteiger partial charge in [0.1, 0.15) is 5.75 Å². The van der Waals surface area contributed by atoms with Crippen LogP contribution in [0.25, 0.3) is 0 Å². The summed E-state index contributed by atoms with van der Waals surface area (Å²) in [4.78, 5) is 12.1. The van der Waals surface area contributed by atoms with E-state index in [1.54, 1.807) is 0 Å². The fraction of sp³-hybridized carbons (Fsp3) is 0.588. The maximum atomic E-state index is 12.1. The van der Waals surface area contributed by atoms with Gasteiger partial charge in [-0.3, -0.25) is 4.79 Å². The van der Waals surface area contributed by atoms with E-state index in [4.69, 9.17) is 4.74 Å². The zero-order chi connectivity index (χ0) is 14.9. The number of benzene rings is 1. The van der Waals surface area contributed by atoms with Gasteiger partial charge in [-0.05, 0) is 56.8 Å². The van der Waals surface area contributed by atoms with Gasteiger partial charge < -0.3 is 15.4 Å². The van der Waals surface area contributed by atoms with E-state index in [1.165, 1.54) is 12.8 Å². The molecule has 116 valence electrons. The molecule has 1 fully saturated rings. The van der Waals surface area contributed by atoms with Crippen molar-refractivity contribution in [1.82, 2.24) is 10.6 Å². The van der Waals surface area contributed by atoms with E-state index in [-0.39, 0.29) is 5.91 Å². The van der Waals surface area contributed by atoms with Gasteiger partial charge >= 0.3 is 0 Å². The van der Waals surface area contributed by atoms with Gasteiger partial charge in [0.25, 0.3) is 5.91 Å². The van der Waals surface area contributed by atoms with Gasteiger partial charge in [0.2, 0.25) is 0 Å². The van der Waals surface area contributed by atoms with E-state index >= 15 is 0 Å². The van der Waals surface area contributed by atoms with Crippen molar-refractivity contribution in [3.05, 3.63) is 29.8 Å². The predicted molar refractivity (Wildman–Crippen MR) is 84.8 cm³/mol. The number of ether oxygens (including phenoxy) is 1. The second-order valence-corrected chi connectivity index (χ2v) is 5.56. The van der Waals surface area contributed by atoms with E-state index in [2.05, 4.69) is 17.6 Å².